The van der Waals surface area contributed by atoms with Gasteiger partial charge in [0.2, 0.25) is 5.91 Å². The van der Waals surface area contributed by atoms with E-state index in [9.17, 15) is 9.90 Å². The van der Waals surface area contributed by atoms with Crippen LogP contribution in [0.3, 0.4) is 0 Å². The molecule has 0 saturated carbocycles. The molecule has 0 spiro atoms. The van der Waals surface area contributed by atoms with Gasteiger partial charge in [0.25, 0.3) is 0 Å². The SMILES string of the molecule is CCC(C)C(N)C(=O)NCCCCN1CCCC1CO. The van der Waals surface area contributed by atoms with E-state index in [1.165, 1.54) is 6.42 Å². The molecule has 0 bridgehead atoms. The van der Waals surface area contributed by atoms with Crippen molar-refractivity contribution in [2.45, 2.75) is 58.0 Å². The van der Waals surface area contributed by atoms with Gasteiger partial charge in [-0.25, -0.2) is 0 Å². The van der Waals surface area contributed by atoms with Crippen LogP contribution < -0.4 is 11.1 Å². The summed E-state index contributed by atoms with van der Waals surface area (Å²) in [5.41, 5.74) is 5.87. The van der Waals surface area contributed by atoms with Crippen LogP contribution in [-0.4, -0.2) is 54.2 Å². The van der Waals surface area contributed by atoms with Crippen LogP contribution in [0.15, 0.2) is 0 Å². The number of aliphatic hydroxyl groups excluding tert-OH is 1. The van der Waals surface area contributed by atoms with E-state index in [0.717, 1.165) is 38.8 Å². The number of nitrogens with zero attached hydrogens (tertiary/aromatic N) is 1. The molecule has 1 fully saturated rings. The molecule has 5 nitrogen and oxygen atoms in total. The highest BCUT2D eigenvalue weighted by atomic mass is 16.3. The van der Waals surface area contributed by atoms with Crippen molar-refractivity contribution in [2.75, 3.05) is 26.2 Å². The summed E-state index contributed by atoms with van der Waals surface area (Å²) in [6.45, 7) is 7.12. The molecule has 1 aliphatic heterocycles. The van der Waals surface area contributed by atoms with Crippen LogP contribution in [-0.2, 0) is 4.79 Å². The van der Waals surface area contributed by atoms with Crippen LogP contribution in [0.4, 0.5) is 0 Å². The lowest BCUT2D eigenvalue weighted by Gasteiger charge is -2.22. The number of amides is 1. The number of rotatable bonds is 9. The third-order valence-electron chi connectivity index (χ3n) is 4.44. The fourth-order valence-electron chi connectivity index (χ4n) is 2.68. The minimum atomic E-state index is -0.391. The Kier molecular flexibility index (Phi) is 8.11. The highest BCUT2D eigenvalue weighted by Crippen LogP contribution is 2.16. The largest absolute Gasteiger partial charge is 0.395 e. The molecule has 1 aliphatic rings. The summed E-state index contributed by atoms with van der Waals surface area (Å²) in [4.78, 5) is 14.1. The highest BCUT2D eigenvalue weighted by molar-refractivity contribution is 5.81. The number of carbonyl (C=O) groups excluding carboxylic acids is 1. The third kappa shape index (κ3) is 5.38. The first-order valence-corrected chi connectivity index (χ1v) is 7.98. The van der Waals surface area contributed by atoms with E-state index >= 15 is 0 Å². The molecule has 1 heterocycles. The fraction of sp³-hybridized carbons (Fsp3) is 0.933. The average Bonchev–Trinajstić information content (AvgIpc) is 2.92. The van der Waals surface area contributed by atoms with Gasteiger partial charge in [-0.1, -0.05) is 20.3 Å². The number of likely N-dealkylation sites (tertiary alicyclic amines) is 1. The molecule has 0 aromatic rings. The van der Waals surface area contributed by atoms with Gasteiger partial charge in [-0.2, -0.15) is 0 Å². The van der Waals surface area contributed by atoms with E-state index in [4.69, 9.17) is 5.73 Å². The summed E-state index contributed by atoms with van der Waals surface area (Å²) >= 11 is 0. The van der Waals surface area contributed by atoms with E-state index < -0.39 is 6.04 Å². The number of hydrogen-bond acceptors (Lipinski definition) is 4. The predicted octanol–water partition coefficient (Wildman–Crippen LogP) is 0.713. The molecule has 1 saturated heterocycles. The highest BCUT2D eigenvalue weighted by Gasteiger charge is 2.22. The van der Waals surface area contributed by atoms with Crippen LogP contribution in [0, 0.1) is 5.92 Å². The van der Waals surface area contributed by atoms with Gasteiger partial charge in [0, 0.05) is 12.6 Å². The molecule has 1 amide bonds. The summed E-state index contributed by atoms with van der Waals surface area (Å²) in [7, 11) is 0. The lowest BCUT2D eigenvalue weighted by atomic mass is 9.99. The molecule has 3 unspecified atom stereocenters. The van der Waals surface area contributed by atoms with Gasteiger partial charge in [-0.05, 0) is 44.7 Å². The topological polar surface area (TPSA) is 78.6 Å². The number of aliphatic hydroxyl groups is 1. The molecule has 0 aromatic carbocycles. The predicted molar refractivity (Wildman–Crippen MR) is 81.4 cm³/mol. The Morgan fingerprint density at radius 2 is 2.25 bits per heavy atom. The normalized spacial score (nSPS) is 22.7. The molecular formula is C15H31N3O2. The van der Waals surface area contributed by atoms with E-state index in [2.05, 4.69) is 10.2 Å². The van der Waals surface area contributed by atoms with Gasteiger partial charge >= 0.3 is 0 Å². The number of nitrogens with two attached hydrogens (primary N) is 1. The number of hydrogen-bond donors (Lipinski definition) is 3. The van der Waals surface area contributed by atoms with Crippen LogP contribution in [0.1, 0.15) is 46.0 Å². The number of carbonyl (C=O) groups is 1. The third-order valence-corrected chi connectivity index (χ3v) is 4.44. The average molecular weight is 285 g/mol. The molecule has 4 N–H and O–H groups in total. The Labute approximate surface area is 122 Å². The monoisotopic (exact) mass is 285 g/mol. The van der Waals surface area contributed by atoms with Crippen molar-refractivity contribution < 1.29 is 9.90 Å². The summed E-state index contributed by atoms with van der Waals surface area (Å²) < 4.78 is 0. The molecule has 118 valence electrons. The van der Waals surface area contributed by atoms with Crippen LogP contribution in [0.25, 0.3) is 0 Å². The van der Waals surface area contributed by atoms with Crippen molar-refractivity contribution in [3.63, 3.8) is 0 Å². The maximum atomic E-state index is 11.8. The molecule has 0 aromatic heterocycles. The van der Waals surface area contributed by atoms with Crippen molar-refractivity contribution in [3.05, 3.63) is 0 Å². The summed E-state index contributed by atoms with van der Waals surface area (Å²) in [6.07, 6.45) is 5.23. The van der Waals surface area contributed by atoms with Crippen molar-refractivity contribution in [1.29, 1.82) is 0 Å². The molecule has 0 aliphatic carbocycles. The van der Waals surface area contributed by atoms with Crippen molar-refractivity contribution in [2.24, 2.45) is 11.7 Å². The van der Waals surface area contributed by atoms with Gasteiger partial charge in [0.15, 0.2) is 0 Å². The lowest BCUT2D eigenvalue weighted by Crippen LogP contribution is -2.44. The van der Waals surface area contributed by atoms with E-state index in [0.29, 0.717) is 12.6 Å². The summed E-state index contributed by atoms with van der Waals surface area (Å²) in [5.74, 6) is 0.193. The van der Waals surface area contributed by atoms with Crippen LogP contribution in [0.2, 0.25) is 0 Å². The minimum absolute atomic E-state index is 0.0336. The van der Waals surface area contributed by atoms with Gasteiger partial charge in [-0.15, -0.1) is 0 Å². The van der Waals surface area contributed by atoms with Crippen LogP contribution >= 0.6 is 0 Å². The quantitative estimate of drug-likeness (QED) is 0.545. The molecular weight excluding hydrogens is 254 g/mol. The molecule has 3 atom stereocenters. The zero-order chi connectivity index (χ0) is 15.0. The van der Waals surface area contributed by atoms with Gasteiger partial charge in [-0.3, -0.25) is 9.69 Å². The Morgan fingerprint density at radius 3 is 2.90 bits per heavy atom. The first-order valence-electron chi connectivity index (χ1n) is 7.98. The Balaban J connectivity index is 2.08. The maximum Gasteiger partial charge on any atom is 0.237 e. The number of unbranched alkanes of at least 4 members (excludes halogenated alkanes) is 1. The second-order valence-electron chi connectivity index (χ2n) is 5.92. The van der Waals surface area contributed by atoms with Crippen molar-refractivity contribution in [1.82, 2.24) is 10.2 Å². The molecule has 1 rings (SSSR count). The maximum absolute atomic E-state index is 11.8. The standard InChI is InChI=1S/C15H31N3O2/c1-3-12(2)14(16)15(20)17-8-4-5-9-18-10-6-7-13(18)11-19/h12-14,19H,3-11,16H2,1-2H3,(H,17,20). The van der Waals surface area contributed by atoms with Gasteiger partial charge in [0.1, 0.15) is 0 Å². The first-order chi connectivity index (χ1) is 9.60. The Bertz CT molecular complexity index is 286. The zero-order valence-electron chi connectivity index (χ0n) is 13.0. The van der Waals surface area contributed by atoms with E-state index in [1.807, 2.05) is 13.8 Å². The van der Waals surface area contributed by atoms with Crippen molar-refractivity contribution >= 4 is 5.91 Å². The van der Waals surface area contributed by atoms with Crippen molar-refractivity contribution in [3.8, 4) is 0 Å². The second-order valence-corrected chi connectivity index (χ2v) is 5.92. The summed E-state index contributed by atoms with van der Waals surface area (Å²) in [5, 5.41) is 12.2. The van der Waals surface area contributed by atoms with E-state index in [-0.39, 0.29) is 18.4 Å². The Hall–Kier alpha value is -0.650. The van der Waals surface area contributed by atoms with Crippen LogP contribution in [0.5, 0.6) is 0 Å². The Morgan fingerprint density at radius 1 is 1.50 bits per heavy atom. The van der Waals surface area contributed by atoms with E-state index in [1.54, 1.807) is 0 Å². The summed E-state index contributed by atoms with van der Waals surface area (Å²) in [6, 6.07) is -0.0410. The lowest BCUT2D eigenvalue weighted by molar-refractivity contribution is -0.123. The minimum Gasteiger partial charge on any atom is -0.395 e. The fourth-order valence-corrected chi connectivity index (χ4v) is 2.68. The smallest absolute Gasteiger partial charge is 0.237 e. The van der Waals surface area contributed by atoms with Gasteiger partial charge < -0.3 is 16.2 Å². The molecule has 20 heavy (non-hydrogen) atoms. The second kappa shape index (κ2) is 9.32. The molecule has 5 heteroatoms. The zero-order valence-corrected chi connectivity index (χ0v) is 13.0. The first kappa shape index (κ1) is 17.4. The number of nitrogens with one attached hydrogen (secondary N) is 1. The van der Waals surface area contributed by atoms with Gasteiger partial charge in [0.05, 0.1) is 12.6 Å². The molecule has 0 radical (unpaired) electrons.